The molecule has 2 N–H and O–H groups in total. The van der Waals surface area contributed by atoms with Crippen molar-refractivity contribution in [1.82, 2.24) is 25.2 Å². The van der Waals surface area contributed by atoms with Crippen molar-refractivity contribution in [3.63, 3.8) is 0 Å². The van der Waals surface area contributed by atoms with Gasteiger partial charge in [-0.2, -0.15) is 0 Å². The molecule has 230 valence electrons. The van der Waals surface area contributed by atoms with Gasteiger partial charge in [0.15, 0.2) is 0 Å². The smallest absolute Gasteiger partial charge is 0.404 e. The predicted molar refractivity (Wildman–Crippen MR) is 168 cm³/mol. The lowest BCUT2D eigenvalue weighted by atomic mass is 9.43. The molecular weight excluding hydrogens is 541 g/mol. The summed E-state index contributed by atoms with van der Waals surface area (Å²) in [6.07, 6.45) is 6.88. The third-order valence-electron chi connectivity index (χ3n) is 10.4. The molecular formula is C33H46BN5O4. The lowest BCUT2D eigenvalue weighted by molar-refractivity contribution is -0.199. The molecule has 1 saturated heterocycles. The molecule has 0 unspecified atom stereocenters. The first-order chi connectivity index (χ1) is 20.4. The van der Waals surface area contributed by atoms with Crippen molar-refractivity contribution in [2.75, 3.05) is 0 Å². The minimum Gasteiger partial charge on any atom is -0.404 e. The Kier molecular flexibility index (Phi) is 7.82. The maximum absolute atomic E-state index is 13.9. The second kappa shape index (κ2) is 11.2. The molecule has 10 heteroatoms. The molecule has 0 spiro atoms. The number of nitrogens with zero attached hydrogens (tertiary/aromatic N) is 3. The van der Waals surface area contributed by atoms with Crippen LogP contribution in [0.2, 0.25) is 0 Å². The van der Waals surface area contributed by atoms with Gasteiger partial charge in [-0.1, -0.05) is 41.5 Å². The van der Waals surface area contributed by atoms with E-state index in [1.54, 1.807) is 12.4 Å². The van der Waals surface area contributed by atoms with E-state index in [2.05, 4.69) is 69.1 Å². The molecule has 3 saturated carbocycles. The highest BCUT2D eigenvalue weighted by Gasteiger charge is 2.68. The van der Waals surface area contributed by atoms with Gasteiger partial charge in [0.05, 0.1) is 17.6 Å². The van der Waals surface area contributed by atoms with Crippen molar-refractivity contribution in [2.24, 2.45) is 29.1 Å². The Balaban J connectivity index is 1.18. The molecule has 3 aromatic rings. The molecule has 4 heterocycles. The van der Waals surface area contributed by atoms with Crippen LogP contribution in [0.1, 0.15) is 74.1 Å². The van der Waals surface area contributed by atoms with Crippen molar-refractivity contribution in [1.29, 1.82) is 0 Å². The molecule has 4 aliphatic rings. The van der Waals surface area contributed by atoms with Crippen molar-refractivity contribution >= 4 is 41.0 Å². The third kappa shape index (κ3) is 5.35. The number of fused-ring (bicyclic) bond motifs is 3. The first-order valence-electron chi connectivity index (χ1n) is 16.0. The molecule has 4 fully saturated rings. The van der Waals surface area contributed by atoms with Gasteiger partial charge >= 0.3 is 7.12 Å². The Morgan fingerprint density at radius 2 is 1.60 bits per heavy atom. The van der Waals surface area contributed by atoms with E-state index in [4.69, 9.17) is 9.31 Å². The van der Waals surface area contributed by atoms with Crippen LogP contribution in [0.3, 0.4) is 0 Å². The molecule has 43 heavy (non-hydrogen) atoms. The van der Waals surface area contributed by atoms with Crippen LogP contribution in [0, 0.1) is 29.1 Å². The van der Waals surface area contributed by atoms with E-state index in [-0.39, 0.29) is 47.3 Å². The number of aromatic nitrogens is 3. The highest BCUT2D eigenvalue weighted by molar-refractivity contribution is 6.48. The average Bonchev–Trinajstić information content (AvgIpc) is 3.47. The summed E-state index contributed by atoms with van der Waals surface area (Å²) in [5, 5.41) is 8.18. The van der Waals surface area contributed by atoms with Crippen LogP contribution >= 0.6 is 0 Å². The number of pyridine rings is 2. The highest BCUT2D eigenvalue weighted by atomic mass is 16.7. The molecule has 3 aromatic heterocycles. The SMILES string of the molecule is CC(C)C[C@H](NC(=O)[C@H](CC(C)C)NC(=O)Cn1c2ncccc2c2cccnc21)B1O[C@@H]2C[C@@H]3C[C@@H](C3(C)C)[C@]2(C)O1. The number of amides is 2. The Morgan fingerprint density at radius 1 is 0.977 bits per heavy atom. The van der Waals surface area contributed by atoms with Gasteiger partial charge in [-0.3, -0.25) is 9.59 Å². The fourth-order valence-electron chi connectivity index (χ4n) is 8.08. The van der Waals surface area contributed by atoms with E-state index in [0.29, 0.717) is 35.5 Å². The van der Waals surface area contributed by atoms with Gasteiger partial charge < -0.3 is 24.5 Å². The second-order valence-corrected chi connectivity index (χ2v) is 14.7. The molecule has 2 bridgehead atoms. The zero-order chi connectivity index (χ0) is 30.7. The fourth-order valence-corrected chi connectivity index (χ4v) is 8.08. The normalized spacial score (nSPS) is 27.3. The monoisotopic (exact) mass is 587 g/mol. The number of carbonyl (C=O) groups excluding carboxylic acids is 2. The van der Waals surface area contributed by atoms with E-state index < -0.39 is 13.2 Å². The van der Waals surface area contributed by atoms with Crippen LogP contribution in [-0.4, -0.2) is 57.2 Å². The molecule has 1 aliphatic heterocycles. The number of nitrogens with one attached hydrogen (secondary N) is 2. The van der Waals surface area contributed by atoms with Crippen molar-refractivity contribution < 1.29 is 18.9 Å². The minimum absolute atomic E-state index is 0.0124. The summed E-state index contributed by atoms with van der Waals surface area (Å²) in [6.45, 7) is 15.3. The summed E-state index contributed by atoms with van der Waals surface area (Å²) in [4.78, 5) is 36.5. The van der Waals surface area contributed by atoms with Gasteiger partial charge in [-0.25, -0.2) is 9.97 Å². The topological polar surface area (TPSA) is 107 Å². The first kappa shape index (κ1) is 30.1. The van der Waals surface area contributed by atoms with Gasteiger partial charge in [0.25, 0.3) is 0 Å². The Bertz CT molecular complexity index is 1470. The summed E-state index contributed by atoms with van der Waals surface area (Å²) in [7, 11) is -0.512. The predicted octanol–water partition coefficient (Wildman–Crippen LogP) is 4.91. The summed E-state index contributed by atoms with van der Waals surface area (Å²) in [5.74, 6) is 0.849. The van der Waals surface area contributed by atoms with Gasteiger partial charge in [-0.05, 0) is 86.0 Å². The lowest BCUT2D eigenvalue weighted by Crippen LogP contribution is -2.65. The zero-order valence-electron chi connectivity index (χ0n) is 26.6. The molecule has 0 aromatic carbocycles. The minimum atomic E-state index is -0.692. The van der Waals surface area contributed by atoms with E-state index in [1.165, 1.54) is 6.42 Å². The molecule has 3 aliphatic carbocycles. The van der Waals surface area contributed by atoms with Crippen LogP contribution in [0.4, 0.5) is 0 Å². The lowest BCUT2D eigenvalue weighted by Gasteiger charge is -2.64. The van der Waals surface area contributed by atoms with E-state index in [1.807, 2.05) is 28.8 Å². The summed E-state index contributed by atoms with van der Waals surface area (Å²) >= 11 is 0. The zero-order valence-corrected chi connectivity index (χ0v) is 26.6. The van der Waals surface area contributed by atoms with E-state index >= 15 is 0 Å². The molecule has 7 rings (SSSR count). The van der Waals surface area contributed by atoms with E-state index in [9.17, 15) is 9.59 Å². The summed E-state index contributed by atoms with van der Waals surface area (Å²) < 4.78 is 15.2. The van der Waals surface area contributed by atoms with E-state index in [0.717, 1.165) is 23.6 Å². The maximum atomic E-state index is 13.9. The third-order valence-corrected chi connectivity index (χ3v) is 10.4. The average molecular weight is 588 g/mol. The largest absolute Gasteiger partial charge is 0.481 e. The second-order valence-electron chi connectivity index (χ2n) is 14.7. The van der Waals surface area contributed by atoms with Crippen LogP contribution in [-0.2, 0) is 25.4 Å². The van der Waals surface area contributed by atoms with Crippen LogP contribution in [0.25, 0.3) is 22.1 Å². The van der Waals surface area contributed by atoms with Gasteiger partial charge in [-0.15, -0.1) is 0 Å². The number of rotatable bonds is 10. The molecule has 6 atom stereocenters. The first-order valence-corrected chi connectivity index (χ1v) is 16.0. The fraction of sp³-hybridized carbons (Fsp3) is 0.636. The van der Waals surface area contributed by atoms with Crippen LogP contribution in [0.5, 0.6) is 0 Å². The molecule has 2 amide bonds. The standard InChI is InChI=1S/C33H46BN5O4/c1-19(2)14-24(37-28(40)18-39-29-22(10-8-12-35-29)23-11-9-13-36-30(23)39)31(41)38-27(15-20(3)4)34-42-26-17-21-16-25(32(21,5)6)33(26,7)43-34/h8-13,19-21,24-27H,14-18H2,1-7H3,(H,37,40)(H,38,41)/t21-,24-,25-,26+,27-,33-/m0/s1. The Labute approximate surface area is 255 Å². The maximum Gasteiger partial charge on any atom is 0.481 e. The van der Waals surface area contributed by atoms with Crippen molar-refractivity contribution in [3.8, 4) is 0 Å². The highest BCUT2D eigenvalue weighted by Crippen LogP contribution is 2.65. The van der Waals surface area contributed by atoms with Crippen molar-refractivity contribution in [3.05, 3.63) is 36.7 Å². The molecule has 9 nitrogen and oxygen atoms in total. The Morgan fingerprint density at radius 3 is 2.19 bits per heavy atom. The number of hydrogen-bond donors (Lipinski definition) is 2. The van der Waals surface area contributed by atoms with Crippen molar-refractivity contribution in [2.45, 2.75) is 104 Å². The van der Waals surface area contributed by atoms with Crippen LogP contribution < -0.4 is 10.6 Å². The quantitative estimate of drug-likeness (QED) is 0.327. The van der Waals surface area contributed by atoms with Crippen LogP contribution in [0.15, 0.2) is 36.7 Å². The summed E-state index contributed by atoms with van der Waals surface area (Å²) in [5.41, 5.74) is 1.28. The van der Waals surface area contributed by atoms with Gasteiger partial charge in [0, 0.05) is 23.2 Å². The van der Waals surface area contributed by atoms with Gasteiger partial charge in [0.1, 0.15) is 23.9 Å². The van der Waals surface area contributed by atoms with Gasteiger partial charge in [0.2, 0.25) is 11.8 Å². The summed E-state index contributed by atoms with van der Waals surface area (Å²) in [6, 6.07) is 7.04. The molecule has 0 radical (unpaired) electrons. The Hall–Kier alpha value is -2.98. The number of hydrogen-bond acceptors (Lipinski definition) is 6. The number of carbonyl (C=O) groups is 2.